The largest absolute Gasteiger partial charge is 0.333 e. The van der Waals surface area contributed by atoms with E-state index in [0.717, 1.165) is 31.5 Å². The molecular formula is C14H24N4O. The van der Waals surface area contributed by atoms with Gasteiger partial charge in [-0.25, -0.2) is 0 Å². The third-order valence-corrected chi connectivity index (χ3v) is 3.86. The van der Waals surface area contributed by atoms with Crippen molar-refractivity contribution in [1.82, 2.24) is 14.7 Å². The van der Waals surface area contributed by atoms with Crippen molar-refractivity contribution >= 4 is 5.91 Å². The molecule has 106 valence electrons. The van der Waals surface area contributed by atoms with Gasteiger partial charge in [0.05, 0.1) is 5.69 Å². The number of aromatic nitrogens is 2. The maximum atomic E-state index is 12.7. The highest BCUT2D eigenvalue weighted by Crippen LogP contribution is 2.26. The van der Waals surface area contributed by atoms with Crippen LogP contribution in [-0.4, -0.2) is 39.7 Å². The van der Waals surface area contributed by atoms with Gasteiger partial charge in [-0.15, -0.1) is 0 Å². The van der Waals surface area contributed by atoms with Crippen LogP contribution < -0.4 is 5.73 Å². The summed E-state index contributed by atoms with van der Waals surface area (Å²) < 4.78 is 1.81. The molecule has 0 bridgehead atoms. The van der Waals surface area contributed by atoms with Gasteiger partial charge in [0.15, 0.2) is 0 Å². The van der Waals surface area contributed by atoms with E-state index in [1.807, 2.05) is 22.6 Å². The highest BCUT2D eigenvalue weighted by atomic mass is 16.2. The van der Waals surface area contributed by atoms with Crippen LogP contribution in [0.4, 0.5) is 0 Å². The fourth-order valence-corrected chi connectivity index (χ4v) is 2.49. The van der Waals surface area contributed by atoms with Gasteiger partial charge in [-0.05, 0) is 38.7 Å². The highest BCUT2D eigenvalue weighted by Gasteiger charge is 2.30. The molecular weight excluding hydrogens is 240 g/mol. The molecule has 1 fully saturated rings. The third-order valence-electron chi connectivity index (χ3n) is 3.86. The van der Waals surface area contributed by atoms with Crippen LogP contribution in [-0.2, 0) is 13.0 Å². The summed E-state index contributed by atoms with van der Waals surface area (Å²) in [5.41, 5.74) is 7.33. The molecule has 0 unspecified atom stereocenters. The van der Waals surface area contributed by atoms with Gasteiger partial charge in [-0.2, -0.15) is 5.10 Å². The minimum absolute atomic E-state index is 0.0872. The van der Waals surface area contributed by atoms with Crippen LogP contribution in [0.15, 0.2) is 6.07 Å². The Hall–Kier alpha value is -1.36. The van der Waals surface area contributed by atoms with Gasteiger partial charge in [-0.1, -0.05) is 6.92 Å². The molecule has 2 N–H and O–H groups in total. The molecule has 1 aromatic heterocycles. The van der Waals surface area contributed by atoms with E-state index < -0.39 is 0 Å². The van der Waals surface area contributed by atoms with Crippen LogP contribution in [0, 0.1) is 0 Å². The van der Waals surface area contributed by atoms with Crippen molar-refractivity contribution < 1.29 is 4.79 Å². The lowest BCUT2D eigenvalue weighted by atomic mass is 9.91. The molecule has 5 nitrogen and oxygen atoms in total. The number of hydrogen-bond acceptors (Lipinski definition) is 3. The highest BCUT2D eigenvalue weighted by molar-refractivity contribution is 5.93. The Morgan fingerprint density at radius 3 is 2.74 bits per heavy atom. The van der Waals surface area contributed by atoms with Crippen molar-refractivity contribution in [2.75, 3.05) is 13.1 Å². The van der Waals surface area contributed by atoms with Crippen LogP contribution in [0.3, 0.4) is 0 Å². The average molecular weight is 264 g/mol. The van der Waals surface area contributed by atoms with E-state index in [4.69, 9.17) is 5.73 Å². The number of hydrogen-bond donors (Lipinski definition) is 1. The number of aryl methyl sites for hydroxylation is 2. The summed E-state index contributed by atoms with van der Waals surface area (Å²) in [6.45, 7) is 5.95. The second-order valence-electron chi connectivity index (χ2n) is 5.06. The van der Waals surface area contributed by atoms with Crippen molar-refractivity contribution in [3.63, 3.8) is 0 Å². The van der Waals surface area contributed by atoms with Crippen LogP contribution in [0.25, 0.3) is 0 Å². The number of nitrogens with two attached hydrogens (primary N) is 1. The molecule has 5 heteroatoms. The first-order valence-electron chi connectivity index (χ1n) is 7.29. The predicted octanol–water partition coefficient (Wildman–Crippen LogP) is 1.42. The number of carbonyl (C=O) groups is 1. The van der Waals surface area contributed by atoms with E-state index in [-0.39, 0.29) is 5.91 Å². The Morgan fingerprint density at radius 1 is 1.53 bits per heavy atom. The molecule has 0 spiro atoms. The molecule has 1 aliphatic rings. The zero-order valence-electron chi connectivity index (χ0n) is 11.9. The molecule has 1 heterocycles. The zero-order valence-corrected chi connectivity index (χ0v) is 11.9. The lowest BCUT2D eigenvalue weighted by Crippen LogP contribution is -2.47. The Labute approximate surface area is 114 Å². The second-order valence-corrected chi connectivity index (χ2v) is 5.06. The Kier molecular flexibility index (Phi) is 4.58. The normalized spacial score (nSPS) is 15.3. The maximum Gasteiger partial charge on any atom is 0.272 e. The summed E-state index contributed by atoms with van der Waals surface area (Å²) in [7, 11) is 0. The van der Waals surface area contributed by atoms with Gasteiger partial charge in [0, 0.05) is 25.7 Å². The first kappa shape index (κ1) is 14.1. The fourth-order valence-electron chi connectivity index (χ4n) is 2.49. The van der Waals surface area contributed by atoms with Crippen molar-refractivity contribution in [2.24, 2.45) is 5.73 Å². The molecule has 0 atom stereocenters. The smallest absolute Gasteiger partial charge is 0.272 e. The molecule has 0 aliphatic heterocycles. The SMILES string of the molecule is CCc1cc(C(=O)N(CCN)C2CCC2)n(CC)n1. The number of amides is 1. The first-order valence-corrected chi connectivity index (χ1v) is 7.29. The number of nitrogens with zero attached hydrogens (tertiary/aromatic N) is 3. The lowest BCUT2D eigenvalue weighted by Gasteiger charge is -2.37. The van der Waals surface area contributed by atoms with E-state index in [9.17, 15) is 4.79 Å². The van der Waals surface area contributed by atoms with Crippen LogP contribution in [0.5, 0.6) is 0 Å². The maximum absolute atomic E-state index is 12.7. The summed E-state index contributed by atoms with van der Waals surface area (Å²) in [4.78, 5) is 14.6. The molecule has 2 rings (SSSR count). The standard InChI is InChI=1S/C14H24N4O/c1-3-11-10-13(18(4-2)16-11)14(19)17(9-8-15)12-6-5-7-12/h10,12H,3-9,15H2,1-2H3. The van der Waals surface area contributed by atoms with Crippen LogP contribution in [0.1, 0.15) is 49.3 Å². The summed E-state index contributed by atoms with van der Waals surface area (Å²) in [5.74, 6) is 0.0872. The lowest BCUT2D eigenvalue weighted by molar-refractivity contribution is 0.0576. The van der Waals surface area contributed by atoms with E-state index in [0.29, 0.717) is 24.8 Å². The van der Waals surface area contributed by atoms with Gasteiger partial charge < -0.3 is 10.6 Å². The van der Waals surface area contributed by atoms with E-state index >= 15 is 0 Å². The predicted molar refractivity (Wildman–Crippen MR) is 75.0 cm³/mol. The van der Waals surface area contributed by atoms with E-state index in [1.165, 1.54) is 6.42 Å². The minimum atomic E-state index is 0.0872. The Bertz CT molecular complexity index is 437. The monoisotopic (exact) mass is 264 g/mol. The van der Waals surface area contributed by atoms with Crippen molar-refractivity contribution in [2.45, 2.75) is 52.1 Å². The van der Waals surface area contributed by atoms with Gasteiger partial charge in [0.1, 0.15) is 5.69 Å². The molecule has 1 saturated carbocycles. The third kappa shape index (κ3) is 2.81. The average Bonchev–Trinajstić information content (AvgIpc) is 2.78. The minimum Gasteiger partial charge on any atom is -0.333 e. The fraction of sp³-hybridized carbons (Fsp3) is 0.714. The molecule has 1 aliphatic carbocycles. The second kappa shape index (κ2) is 6.19. The van der Waals surface area contributed by atoms with Gasteiger partial charge >= 0.3 is 0 Å². The molecule has 0 saturated heterocycles. The van der Waals surface area contributed by atoms with Gasteiger partial charge in [-0.3, -0.25) is 9.48 Å². The first-order chi connectivity index (χ1) is 9.21. The molecule has 1 aromatic rings. The zero-order chi connectivity index (χ0) is 13.8. The summed E-state index contributed by atoms with van der Waals surface area (Å²) in [6.07, 6.45) is 4.28. The van der Waals surface area contributed by atoms with Crippen molar-refractivity contribution in [3.8, 4) is 0 Å². The van der Waals surface area contributed by atoms with E-state index in [1.54, 1.807) is 0 Å². The summed E-state index contributed by atoms with van der Waals surface area (Å²) in [5, 5.41) is 4.45. The number of rotatable bonds is 6. The van der Waals surface area contributed by atoms with E-state index in [2.05, 4.69) is 12.0 Å². The van der Waals surface area contributed by atoms with Crippen molar-refractivity contribution in [3.05, 3.63) is 17.5 Å². The molecule has 0 aromatic carbocycles. The topological polar surface area (TPSA) is 64.2 Å². The van der Waals surface area contributed by atoms with Gasteiger partial charge in [0.2, 0.25) is 0 Å². The molecule has 1 amide bonds. The quantitative estimate of drug-likeness (QED) is 0.845. The Balaban J connectivity index is 2.22. The van der Waals surface area contributed by atoms with Crippen LogP contribution >= 0.6 is 0 Å². The number of carbonyl (C=O) groups excluding carboxylic acids is 1. The van der Waals surface area contributed by atoms with Crippen LogP contribution in [0.2, 0.25) is 0 Å². The van der Waals surface area contributed by atoms with Crippen molar-refractivity contribution in [1.29, 1.82) is 0 Å². The summed E-state index contributed by atoms with van der Waals surface area (Å²) in [6, 6.07) is 2.30. The molecule has 0 radical (unpaired) electrons. The summed E-state index contributed by atoms with van der Waals surface area (Å²) >= 11 is 0. The molecule has 19 heavy (non-hydrogen) atoms. The van der Waals surface area contributed by atoms with Gasteiger partial charge in [0.25, 0.3) is 5.91 Å². The Morgan fingerprint density at radius 2 is 2.26 bits per heavy atom.